The van der Waals surface area contributed by atoms with E-state index in [0.29, 0.717) is 26.2 Å². The summed E-state index contributed by atoms with van der Waals surface area (Å²) in [6.07, 6.45) is -2.49. The number of halogens is 3. The van der Waals surface area contributed by atoms with E-state index >= 15 is 0 Å². The van der Waals surface area contributed by atoms with Crippen LogP contribution in [0.1, 0.15) is 22.8 Å². The SMILES string of the molecule is CCN1CCN(C(=O)c2cnccc2C(F)(F)F)CC1. The van der Waals surface area contributed by atoms with Gasteiger partial charge in [-0.1, -0.05) is 6.92 Å². The lowest BCUT2D eigenvalue weighted by Crippen LogP contribution is -2.48. The van der Waals surface area contributed by atoms with Crippen LogP contribution in [-0.4, -0.2) is 53.4 Å². The molecule has 0 unspecified atom stereocenters. The molecule has 0 radical (unpaired) electrons. The van der Waals surface area contributed by atoms with Gasteiger partial charge in [-0.25, -0.2) is 0 Å². The molecule has 4 nitrogen and oxygen atoms in total. The molecule has 110 valence electrons. The molecular formula is C13H16F3N3O. The van der Waals surface area contributed by atoms with Gasteiger partial charge in [-0.05, 0) is 12.6 Å². The minimum atomic E-state index is -4.54. The molecule has 1 saturated heterocycles. The van der Waals surface area contributed by atoms with E-state index in [2.05, 4.69) is 9.88 Å². The van der Waals surface area contributed by atoms with Crippen LogP contribution in [0.15, 0.2) is 18.5 Å². The first-order chi connectivity index (χ1) is 9.43. The number of rotatable bonds is 2. The molecule has 0 bridgehead atoms. The summed E-state index contributed by atoms with van der Waals surface area (Å²) in [5.41, 5.74) is -1.29. The molecule has 1 aromatic rings. The maximum Gasteiger partial charge on any atom is 0.417 e. The number of likely N-dealkylation sites (N-methyl/N-ethyl adjacent to an activating group) is 1. The van der Waals surface area contributed by atoms with Crippen LogP contribution in [0.5, 0.6) is 0 Å². The van der Waals surface area contributed by atoms with Crippen molar-refractivity contribution in [2.75, 3.05) is 32.7 Å². The smallest absolute Gasteiger partial charge is 0.336 e. The van der Waals surface area contributed by atoms with Crippen LogP contribution in [0.3, 0.4) is 0 Å². The molecule has 0 aromatic carbocycles. The highest BCUT2D eigenvalue weighted by Crippen LogP contribution is 2.32. The number of hydrogen-bond acceptors (Lipinski definition) is 3. The fraction of sp³-hybridized carbons (Fsp3) is 0.538. The molecule has 1 fully saturated rings. The first kappa shape index (κ1) is 14.8. The minimum Gasteiger partial charge on any atom is -0.336 e. The van der Waals surface area contributed by atoms with Crippen molar-refractivity contribution in [1.29, 1.82) is 0 Å². The van der Waals surface area contributed by atoms with Crippen LogP contribution in [0.25, 0.3) is 0 Å². The Morgan fingerprint density at radius 3 is 2.50 bits per heavy atom. The second-order valence-corrected chi connectivity index (χ2v) is 4.65. The molecule has 20 heavy (non-hydrogen) atoms. The average Bonchev–Trinajstić information content (AvgIpc) is 2.46. The van der Waals surface area contributed by atoms with Gasteiger partial charge in [-0.2, -0.15) is 13.2 Å². The fourth-order valence-electron chi connectivity index (χ4n) is 2.25. The van der Waals surface area contributed by atoms with E-state index in [-0.39, 0.29) is 5.56 Å². The molecule has 0 atom stereocenters. The van der Waals surface area contributed by atoms with Crippen LogP contribution >= 0.6 is 0 Å². The molecular weight excluding hydrogens is 271 g/mol. The summed E-state index contributed by atoms with van der Waals surface area (Å²) in [5.74, 6) is -0.596. The standard InChI is InChI=1S/C13H16F3N3O/c1-2-18-5-7-19(8-6-18)12(20)10-9-17-4-3-11(10)13(14,15)16/h3-4,9H,2,5-8H2,1H3. The van der Waals surface area contributed by atoms with Crippen LogP contribution < -0.4 is 0 Å². The second kappa shape index (κ2) is 5.78. The number of hydrogen-bond donors (Lipinski definition) is 0. The maximum absolute atomic E-state index is 12.9. The highest BCUT2D eigenvalue weighted by atomic mass is 19.4. The van der Waals surface area contributed by atoms with E-state index in [1.54, 1.807) is 0 Å². The average molecular weight is 287 g/mol. The number of aromatic nitrogens is 1. The third-order valence-electron chi connectivity index (χ3n) is 3.46. The Labute approximate surface area is 115 Å². The van der Waals surface area contributed by atoms with E-state index in [9.17, 15) is 18.0 Å². The molecule has 2 rings (SSSR count). The molecule has 7 heteroatoms. The zero-order chi connectivity index (χ0) is 14.8. The zero-order valence-corrected chi connectivity index (χ0v) is 11.2. The van der Waals surface area contributed by atoms with Gasteiger partial charge in [0.05, 0.1) is 11.1 Å². The number of carbonyl (C=O) groups excluding carboxylic acids is 1. The van der Waals surface area contributed by atoms with Crippen LogP contribution in [0, 0.1) is 0 Å². The second-order valence-electron chi connectivity index (χ2n) is 4.65. The Morgan fingerprint density at radius 1 is 1.30 bits per heavy atom. The van der Waals surface area contributed by atoms with Crippen LogP contribution in [0.4, 0.5) is 13.2 Å². The summed E-state index contributed by atoms with van der Waals surface area (Å²) >= 11 is 0. The molecule has 1 aromatic heterocycles. The third-order valence-corrected chi connectivity index (χ3v) is 3.46. The summed E-state index contributed by atoms with van der Waals surface area (Å²) in [6.45, 7) is 5.15. The van der Waals surface area contributed by atoms with Crippen LogP contribution in [-0.2, 0) is 6.18 Å². The molecule has 0 aliphatic carbocycles. The zero-order valence-electron chi connectivity index (χ0n) is 11.2. The summed E-state index contributed by atoms with van der Waals surface area (Å²) in [7, 11) is 0. The first-order valence-electron chi connectivity index (χ1n) is 6.46. The Morgan fingerprint density at radius 2 is 1.95 bits per heavy atom. The van der Waals surface area contributed by atoms with Crippen LogP contribution in [0.2, 0.25) is 0 Å². The maximum atomic E-state index is 12.9. The van der Waals surface area contributed by atoms with Crippen molar-refractivity contribution in [1.82, 2.24) is 14.8 Å². The summed E-state index contributed by atoms with van der Waals surface area (Å²) in [4.78, 5) is 19.5. The van der Waals surface area contributed by atoms with Gasteiger partial charge in [0.25, 0.3) is 5.91 Å². The van der Waals surface area contributed by atoms with E-state index < -0.39 is 17.6 Å². The van der Waals surface area contributed by atoms with Crippen molar-refractivity contribution in [2.45, 2.75) is 13.1 Å². The predicted molar refractivity (Wildman–Crippen MR) is 67.3 cm³/mol. The number of nitrogens with zero attached hydrogens (tertiary/aromatic N) is 3. The first-order valence-corrected chi connectivity index (χ1v) is 6.46. The lowest BCUT2D eigenvalue weighted by molar-refractivity contribution is -0.138. The Balaban J connectivity index is 2.18. The van der Waals surface area contributed by atoms with E-state index in [1.165, 1.54) is 4.90 Å². The number of amides is 1. The van der Waals surface area contributed by atoms with Gasteiger partial charge in [-0.15, -0.1) is 0 Å². The topological polar surface area (TPSA) is 36.4 Å². The van der Waals surface area contributed by atoms with E-state index in [1.807, 2.05) is 6.92 Å². The lowest BCUT2D eigenvalue weighted by Gasteiger charge is -2.34. The van der Waals surface area contributed by atoms with Crippen molar-refractivity contribution in [2.24, 2.45) is 0 Å². The molecule has 1 amide bonds. The number of pyridine rings is 1. The Kier molecular flexibility index (Phi) is 4.27. The van der Waals surface area contributed by atoms with Gasteiger partial charge in [0.15, 0.2) is 0 Å². The van der Waals surface area contributed by atoms with Crippen molar-refractivity contribution in [3.8, 4) is 0 Å². The van der Waals surface area contributed by atoms with Gasteiger partial charge in [0.1, 0.15) is 0 Å². The number of piperazine rings is 1. The molecule has 0 spiro atoms. The summed E-state index contributed by atoms with van der Waals surface area (Å²) in [5, 5.41) is 0. The van der Waals surface area contributed by atoms with Crippen molar-refractivity contribution >= 4 is 5.91 Å². The fourth-order valence-corrected chi connectivity index (χ4v) is 2.25. The quantitative estimate of drug-likeness (QED) is 0.833. The van der Waals surface area contributed by atoms with E-state index in [4.69, 9.17) is 0 Å². The van der Waals surface area contributed by atoms with Crippen molar-refractivity contribution < 1.29 is 18.0 Å². The molecule has 2 heterocycles. The lowest BCUT2D eigenvalue weighted by atomic mass is 10.1. The minimum absolute atomic E-state index is 0.370. The van der Waals surface area contributed by atoms with Gasteiger partial charge in [-0.3, -0.25) is 9.78 Å². The summed E-state index contributed by atoms with van der Waals surface area (Å²) in [6, 6.07) is 0.843. The van der Waals surface area contributed by atoms with Gasteiger partial charge >= 0.3 is 6.18 Å². The van der Waals surface area contributed by atoms with Gasteiger partial charge < -0.3 is 9.80 Å². The summed E-state index contributed by atoms with van der Waals surface area (Å²) < 4.78 is 38.7. The molecule has 0 N–H and O–H groups in total. The Bertz CT molecular complexity index is 482. The van der Waals surface area contributed by atoms with Gasteiger partial charge in [0, 0.05) is 38.6 Å². The highest BCUT2D eigenvalue weighted by Gasteiger charge is 2.36. The normalized spacial score (nSPS) is 17.3. The van der Waals surface area contributed by atoms with Gasteiger partial charge in [0.2, 0.25) is 0 Å². The number of alkyl halides is 3. The predicted octanol–water partition coefficient (Wildman–Crippen LogP) is 1.88. The molecule has 1 aliphatic heterocycles. The Hall–Kier alpha value is -1.63. The van der Waals surface area contributed by atoms with Crippen molar-refractivity contribution in [3.63, 3.8) is 0 Å². The molecule has 1 aliphatic rings. The van der Waals surface area contributed by atoms with Crippen molar-refractivity contribution in [3.05, 3.63) is 29.6 Å². The highest BCUT2D eigenvalue weighted by molar-refractivity contribution is 5.95. The third kappa shape index (κ3) is 3.09. The largest absolute Gasteiger partial charge is 0.417 e. The van der Waals surface area contributed by atoms with E-state index in [0.717, 1.165) is 25.0 Å². The monoisotopic (exact) mass is 287 g/mol. The number of carbonyl (C=O) groups is 1. The molecule has 0 saturated carbocycles.